The highest BCUT2D eigenvalue weighted by Gasteiger charge is 2.17. The summed E-state index contributed by atoms with van der Waals surface area (Å²) in [5.74, 6) is -7.16. The van der Waals surface area contributed by atoms with Crippen molar-refractivity contribution in [3.63, 3.8) is 0 Å². The van der Waals surface area contributed by atoms with Crippen LogP contribution in [0, 0.1) is 23.3 Å². The standard InChI is InChI=1S/C7H2F4O/c8-4-1-3(2-12)5(9)7(11)6(4)10/h1-2H. The minimum absolute atomic E-state index is 0.0963. The maximum absolute atomic E-state index is 12.4. The van der Waals surface area contributed by atoms with Crippen molar-refractivity contribution in [3.05, 3.63) is 34.9 Å². The average Bonchev–Trinajstić information content (AvgIpc) is 2.08. The third-order valence-corrected chi connectivity index (χ3v) is 1.26. The molecule has 0 fully saturated rings. The highest BCUT2D eigenvalue weighted by atomic mass is 19.2. The quantitative estimate of drug-likeness (QED) is 0.278. The highest BCUT2D eigenvalue weighted by Crippen LogP contribution is 2.16. The molecule has 0 saturated heterocycles. The van der Waals surface area contributed by atoms with E-state index >= 15 is 0 Å². The lowest BCUT2D eigenvalue weighted by Crippen LogP contribution is -2.00. The number of hydrogen-bond donors (Lipinski definition) is 0. The van der Waals surface area contributed by atoms with E-state index in [1.54, 1.807) is 0 Å². The van der Waals surface area contributed by atoms with Crippen LogP contribution in [0.3, 0.4) is 0 Å². The van der Waals surface area contributed by atoms with Crippen molar-refractivity contribution in [2.45, 2.75) is 0 Å². The number of carbonyl (C=O) groups excluding carboxylic acids is 1. The Labute approximate surface area is 64.6 Å². The number of carbonyl (C=O) groups is 1. The molecule has 1 rings (SSSR count). The summed E-state index contributed by atoms with van der Waals surface area (Å²) >= 11 is 0. The molecule has 64 valence electrons. The van der Waals surface area contributed by atoms with Crippen molar-refractivity contribution < 1.29 is 22.4 Å². The lowest BCUT2D eigenvalue weighted by molar-refractivity contribution is 0.111. The molecule has 0 bridgehead atoms. The first-order chi connectivity index (χ1) is 5.57. The zero-order valence-corrected chi connectivity index (χ0v) is 5.57. The van der Waals surface area contributed by atoms with E-state index in [9.17, 15) is 22.4 Å². The predicted molar refractivity (Wildman–Crippen MR) is 31.7 cm³/mol. The molecule has 12 heavy (non-hydrogen) atoms. The van der Waals surface area contributed by atoms with Crippen LogP contribution in [0.25, 0.3) is 0 Å². The lowest BCUT2D eigenvalue weighted by Gasteiger charge is -1.98. The van der Waals surface area contributed by atoms with E-state index < -0.39 is 28.8 Å². The summed E-state index contributed by atoms with van der Waals surface area (Å²) in [6.07, 6.45) is -0.0963. The summed E-state index contributed by atoms with van der Waals surface area (Å²) in [7, 11) is 0. The second kappa shape index (κ2) is 2.92. The van der Waals surface area contributed by atoms with Crippen molar-refractivity contribution >= 4 is 6.29 Å². The van der Waals surface area contributed by atoms with Gasteiger partial charge in [-0.15, -0.1) is 0 Å². The van der Waals surface area contributed by atoms with Crippen molar-refractivity contribution in [1.29, 1.82) is 0 Å². The van der Waals surface area contributed by atoms with Crippen LogP contribution in [0.1, 0.15) is 10.4 Å². The molecule has 5 heteroatoms. The smallest absolute Gasteiger partial charge is 0.198 e. The Morgan fingerprint density at radius 3 is 2.08 bits per heavy atom. The van der Waals surface area contributed by atoms with Gasteiger partial charge in [-0.3, -0.25) is 4.79 Å². The molecule has 0 atom stereocenters. The molecule has 0 radical (unpaired) electrons. The van der Waals surface area contributed by atoms with Crippen LogP contribution in [0.5, 0.6) is 0 Å². The maximum Gasteiger partial charge on any atom is 0.198 e. The molecule has 0 spiro atoms. The molecule has 0 heterocycles. The van der Waals surface area contributed by atoms with Gasteiger partial charge in [0.2, 0.25) is 0 Å². The molecule has 1 aromatic rings. The summed E-state index contributed by atoms with van der Waals surface area (Å²) in [6.45, 7) is 0. The Morgan fingerprint density at radius 2 is 1.58 bits per heavy atom. The third-order valence-electron chi connectivity index (χ3n) is 1.26. The number of benzene rings is 1. The minimum atomic E-state index is -1.97. The fraction of sp³-hybridized carbons (Fsp3) is 0. The van der Waals surface area contributed by atoms with Gasteiger partial charge in [0.25, 0.3) is 0 Å². The summed E-state index contributed by atoms with van der Waals surface area (Å²) in [6, 6.07) is 0.292. The molecule has 0 aliphatic rings. The van der Waals surface area contributed by atoms with E-state index in [0.717, 1.165) is 0 Å². The van der Waals surface area contributed by atoms with E-state index in [4.69, 9.17) is 0 Å². The van der Waals surface area contributed by atoms with Crippen molar-refractivity contribution in [3.8, 4) is 0 Å². The summed E-state index contributed by atoms with van der Waals surface area (Å²) in [5.41, 5.74) is -0.841. The van der Waals surface area contributed by atoms with Gasteiger partial charge in [-0.2, -0.15) is 0 Å². The first kappa shape index (κ1) is 8.70. The van der Waals surface area contributed by atoms with Crippen LogP contribution in [0.15, 0.2) is 6.07 Å². The number of halogens is 4. The highest BCUT2D eigenvalue weighted by molar-refractivity contribution is 5.75. The second-order valence-corrected chi connectivity index (χ2v) is 2.01. The zero-order chi connectivity index (χ0) is 9.30. The first-order valence-corrected chi connectivity index (χ1v) is 2.86. The maximum atomic E-state index is 12.4. The summed E-state index contributed by atoms with van der Waals surface area (Å²) in [4.78, 5) is 9.95. The van der Waals surface area contributed by atoms with Gasteiger partial charge in [-0.25, -0.2) is 17.6 Å². The summed E-state index contributed by atoms with van der Waals surface area (Å²) in [5, 5.41) is 0. The van der Waals surface area contributed by atoms with Crippen LogP contribution in [-0.4, -0.2) is 6.29 Å². The Kier molecular flexibility index (Phi) is 2.12. The van der Waals surface area contributed by atoms with Gasteiger partial charge in [0.1, 0.15) is 0 Å². The molecule has 1 aromatic carbocycles. The fourth-order valence-corrected chi connectivity index (χ4v) is 0.677. The van der Waals surface area contributed by atoms with Crippen LogP contribution < -0.4 is 0 Å². The van der Waals surface area contributed by atoms with Gasteiger partial charge in [0.15, 0.2) is 29.6 Å². The van der Waals surface area contributed by atoms with Crippen molar-refractivity contribution in [1.82, 2.24) is 0 Å². The molecule has 0 saturated carbocycles. The largest absolute Gasteiger partial charge is 0.298 e. The fourth-order valence-electron chi connectivity index (χ4n) is 0.677. The topological polar surface area (TPSA) is 17.1 Å². The van der Waals surface area contributed by atoms with Crippen LogP contribution in [0.4, 0.5) is 17.6 Å². The number of hydrogen-bond acceptors (Lipinski definition) is 1. The zero-order valence-electron chi connectivity index (χ0n) is 5.57. The van der Waals surface area contributed by atoms with Crippen LogP contribution in [-0.2, 0) is 0 Å². The first-order valence-electron chi connectivity index (χ1n) is 2.86. The Bertz CT molecular complexity index is 335. The van der Waals surface area contributed by atoms with E-state index in [1.807, 2.05) is 0 Å². The summed E-state index contributed by atoms with van der Waals surface area (Å²) < 4.78 is 49.2. The van der Waals surface area contributed by atoms with Gasteiger partial charge >= 0.3 is 0 Å². The monoisotopic (exact) mass is 178 g/mol. The molecule has 0 aliphatic carbocycles. The average molecular weight is 178 g/mol. The normalized spacial score (nSPS) is 10.0. The molecular weight excluding hydrogens is 176 g/mol. The predicted octanol–water partition coefficient (Wildman–Crippen LogP) is 2.06. The van der Waals surface area contributed by atoms with Crippen LogP contribution in [0.2, 0.25) is 0 Å². The molecular formula is C7H2F4O. The lowest BCUT2D eigenvalue weighted by atomic mass is 10.2. The number of rotatable bonds is 1. The van der Waals surface area contributed by atoms with Gasteiger partial charge < -0.3 is 0 Å². The minimum Gasteiger partial charge on any atom is -0.298 e. The molecule has 0 amide bonds. The molecule has 0 N–H and O–H groups in total. The SMILES string of the molecule is O=Cc1cc(F)c(F)c(F)c1F. The molecule has 0 aliphatic heterocycles. The number of aldehydes is 1. The Morgan fingerprint density at radius 1 is 1.00 bits per heavy atom. The van der Waals surface area contributed by atoms with Gasteiger partial charge in [-0.1, -0.05) is 0 Å². The third kappa shape index (κ3) is 1.17. The molecule has 1 nitrogen and oxygen atoms in total. The van der Waals surface area contributed by atoms with Gasteiger partial charge in [0.05, 0.1) is 5.56 Å². The van der Waals surface area contributed by atoms with E-state index in [-0.39, 0.29) is 6.29 Å². The van der Waals surface area contributed by atoms with Crippen molar-refractivity contribution in [2.75, 3.05) is 0 Å². The van der Waals surface area contributed by atoms with E-state index in [2.05, 4.69) is 0 Å². The molecule has 0 unspecified atom stereocenters. The Balaban J connectivity index is 3.49. The van der Waals surface area contributed by atoms with E-state index in [0.29, 0.717) is 6.07 Å². The van der Waals surface area contributed by atoms with Gasteiger partial charge in [0, 0.05) is 0 Å². The van der Waals surface area contributed by atoms with E-state index in [1.165, 1.54) is 0 Å². The second-order valence-electron chi connectivity index (χ2n) is 2.01. The van der Waals surface area contributed by atoms with Crippen molar-refractivity contribution in [2.24, 2.45) is 0 Å². The van der Waals surface area contributed by atoms with Crippen LogP contribution >= 0.6 is 0 Å². The van der Waals surface area contributed by atoms with Gasteiger partial charge in [-0.05, 0) is 6.07 Å². The molecule has 0 aromatic heterocycles. The Hall–Kier alpha value is -1.39.